The van der Waals surface area contributed by atoms with Crippen LogP contribution >= 0.6 is 15.9 Å². The van der Waals surface area contributed by atoms with E-state index in [0.29, 0.717) is 5.82 Å². The second kappa shape index (κ2) is 6.89. The lowest BCUT2D eigenvalue weighted by molar-refractivity contribution is 0.345. The SMILES string of the molecule is NNc1ncnc(NCCC2CCCCC2)c1Br. The standard InChI is InChI=1S/C12H20BrN5/c13-10-11(16-8-17-12(10)18-14)15-7-6-9-4-2-1-3-5-9/h8-9H,1-7,14H2,(H2,15,16,17,18). The van der Waals surface area contributed by atoms with E-state index in [1.165, 1.54) is 44.9 Å². The lowest BCUT2D eigenvalue weighted by atomic mass is 9.87. The minimum atomic E-state index is 0.602. The summed E-state index contributed by atoms with van der Waals surface area (Å²) in [6.45, 7) is 0.949. The third-order valence-corrected chi connectivity index (χ3v) is 4.25. The molecule has 1 saturated carbocycles. The van der Waals surface area contributed by atoms with Gasteiger partial charge in [0.2, 0.25) is 0 Å². The quantitative estimate of drug-likeness (QED) is 0.575. The van der Waals surface area contributed by atoms with Crippen LogP contribution in [0, 0.1) is 5.92 Å². The van der Waals surface area contributed by atoms with Crippen molar-refractivity contribution in [2.75, 3.05) is 17.3 Å². The van der Waals surface area contributed by atoms with E-state index in [9.17, 15) is 0 Å². The first-order valence-corrected chi connectivity index (χ1v) is 7.31. The predicted molar refractivity (Wildman–Crippen MR) is 77.2 cm³/mol. The van der Waals surface area contributed by atoms with Crippen molar-refractivity contribution in [1.29, 1.82) is 0 Å². The van der Waals surface area contributed by atoms with Crippen LogP contribution in [0.15, 0.2) is 10.8 Å². The molecule has 100 valence electrons. The zero-order chi connectivity index (χ0) is 12.8. The van der Waals surface area contributed by atoms with Gasteiger partial charge in [0, 0.05) is 6.54 Å². The van der Waals surface area contributed by atoms with Gasteiger partial charge in [0.1, 0.15) is 16.6 Å². The molecule has 2 rings (SSSR count). The van der Waals surface area contributed by atoms with Gasteiger partial charge in [0.25, 0.3) is 0 Å². The molecule has 4 N–H and O–H groups in total. The van der Waals surface area contributed by atoms with E-state index in [0.717, 1.165) is 22.8 Å². The molecule has 0 unspecified atom stereocenters. The maximum Gasteiger partial charge on any atom is 0.159 e. The van der Waals surface area contributed by atoms with Crippen molar-refractivity contribution in [3.05, 3.63) is 10.8 Å². The van der Waals surface area contributed by atoms with Gasteiger partial charge in [-0.25, -0.2) is 15.8 Å². The molecule has 0 saturated heterocycles. The smallest absolute Gasteiger partial charge is 0.159 e. The molecule has 1 fully saturated rings. The highest BCUT2D eigenvalue weighted by atomic mass is 79.9. The van der Waals surface area contributed by atoms with Crippen molar-refractivity contribution >= 4 is 27.6 Å². The van der Waals surface area contributed by atoms with E-state index in [-0.39, 0.29) is 0 Å². The molecule has 0 aliphatic heterocycles. The minimum Gasteiger partial charge on any atom is -0.369 e. The predicted octanol–water partition coefficient (Wildman–Crippen LogP) is 2.91. The number of halogens is 1. The Kier molecular flexibility index (Phi) is 5.19. The highest BCUT2D eigenvalue weighted by Gasteiger charge is 2.13. The Balaban J connectivity index is 1.82. The second-order valence-electron chi connectivity index (χ2n) is 4.75. The van der Waals surface area contributed by atoms with Crippen LogP contribution in [0.25, 0.3) is 0 Å². The molecule has 0 radical (unpaired) electrons. The van der Waals surface area contributed by atoms with Crippen molar-refractivity contribution in [2.45, 2.75) is 38.5 Å². The van der Waals surface area contributed by atoms with Gasteiger partial charge in [-0.2, -0.15) is 0 Å². The zero-order valence-corrected chi connectivity index (χ0v) is 12.0. The van der Waals surface area contributed by atoms with E-state index in [2.05, 4.69) is 36.6 Å². The van der Waals surface area contributed by atoms with Crippen molar-refractivity contribution in [2.24, 2.45) is 11.8 Å². The molecule has 18 heavy (non-hydrogen) atoms. The molecule has 1 aliphatic carbocycles. The summed E-state index contributed by atoms with van der Waals surface area (Å²) in [5.74, 6) is 7.64. The minimum absolute atomic E-state index is 0.602. The Bertz CT molecular complexity index is 379. The maximum absolute atomic E-state index is 5.37. The third-order valence-electron chi connectivity index (χ3n) is 3.50. The average molecular weight is 314 g/mol. The van der Waals surface area contributed by atoms with E-state index in [1.807, 2.05) is 0 Å². The molecule has 0 aromatic carbocycles. The summed E-state index contributed by atoms with van der Waals surface area (Å²) in [5, 5.41) is 3.34. The van der Waals surface area contributed by atoms with Gasteiger partial charge in [-0.15, -0.1) is 0 Å². The van der Waals surface area contributed by atoms with Gasteiger partial charge in [0.15, 0.2) is 5.82 Å². The van der Waals surface area contributed by atoms with Crippen LogP contribution in [0.5, 0.6) is 0 Å². The summed E-state index contributed by atoms with van der Waals surface area (Å²) in [5.41, 5.74) is 2.54. The fourth-order valence-electron chi connectivity index (χ4n) is 2.46. The summed E-state index contributed by atoms with van der Waals surface area (Å²) in [7, 11) is 0. The van der Waals surface area contributed by atoms with Crippen LogP contribution < -0.4 is 16.6 Å². The number of hydrazine groups is 1. The van der Waals surface area contributed by atoms with E-state index in [4.69, 9.17) is 5.84 Å². The van der Waals surface area contributed by atoms with Crippen LogP contribution in [0.2, 0.25) is 0 Å². The summed E-state index contributed by atoms with van der Waals surface area (Å²) in [4.78, 5) is 8.23. The molecule has 5 nitrogen and oxygen atoms in total. The molecule has 1 aliphatic rings. The van der Waals surface area contributed by atoms with Crippen molar-refractivity contribution < 1.29 is 0 Å². The highest BCUT2D eigenvalue weighted by molar-refractivity contribution is 9.10. The van der Waals surface area contributed by atoms with Crippen LogP contribution in [0.4, 0.5) is 11.6 Å². The number of nitrogens with two attached hydrogens (primary N) is 1. The first-order valence-electron chi connectivity index (χ1n) is 6.52. The number of nitrogen functional groups attached to an aromatic ring is 1. The van der Waals surface area contributed by atoms with Crippen LogP contribution in [0.3, 0.4) is 0 Å². The largest absolute Gasteiger partial charge is 0.369 e. The number of hydrogen-bond donors (Lipinski definition) is 3. The third kappa shape index (κ3) is 3.55. The molecule has 6 heteroatoms. The zero-order valence-electron chi connectivity index (χ0n) is 10.5. The van der Waals surface area contributed by atoms with Crippen LogP contribution in [-0.2, 0) is 0 Å². The first-order chi connectivity index (χ1) is 8.81. The summed E-state index contributed by atoms with van der Waals surface area (Å²) in [6, 6.07) is 0. The van der Waals surface area contributed by atoms with E-state index in [1.54, 1.807) is 0 Å². The molecule has 0 amide bonds. The molecule has 0 spiro atoms. The number of anilines is 2. The fourth-order valence-corrected chi connectivity index (χ4v) is 2.92. The molecule has 1 aromatic rings. The van der Waals surface area contributed by atoms with Gasteiger partial charge in [-0.05, 0) is 28.3 Å². The second-order valence-corrected chi connectivity index (χ2v) is 5.54. The first kappa shape index (κ1) is 13.5. The van der Waals surface area contributed by atoms with Gasteiger partial charge in [-0.3, -0.25) is 0 Å². The van der Waals surface area contributed by atoms with Crippen molar-refractivity contribution in [3.8, 4) is 0 Å². The normalized spacial score (nSPS) is 16.6. The lowest BCUT2D eigenvalue weighted by Crippen LogP contribution is -2.14. The number of nitrogens with zero attached hydrogens (tertiary/aromatic N) is 2. The topological polar surface area (TPSA) is 75.9 Å². The Morgan fingerprint density at radius 2 is 1.94 bits per heavy atom. The summed E-state index contributed by atoms with van der Waals surface area (Å²) in [6.07, 6.45) is 9.66. The van der Waals surface area contributed by atoms with Crippen LogP contribution in [-0.4, -0.2) is 16.5 Å². The summed E-state index contributed by atoms with van der Waals surface area (Å²) < 4.78 is 0.788. The van der Waals surface area contributed by atoms with Gasteiger partial charge in [-0.1, -0.05) is 32.1 Å². The van der Waals surface area contributed by atoms with E-state index >= 15 is 0 Å². The molecule has 1 heterocycles. The van der Waals surface area contributed by atoms with Crippen molar-refractivity contribution in [1.82, 2.24) is 9.97 Å². The highest BCUT2D eigenvalue weighted by Crippen LogP contribution is 2.28. The van der Waals surface area contributed by atoms with Gasteiger partial charge in [0.05, 0.1) is 0 Å². The maximum atomic E-state index is 5.37. The Morgan fingerprint density at radius 1 is 1.22 bits per heavy atom. The molecule has 1 aromatic heterocycles. The molecular formula is C12H20BrN5. The number of rotatable bonds is 5. The van der Waals surface area contributed by atoms with Crippen LogP contribution in [0.1, 0.15) is 38.5 Å². The molecule has 0 atom stereocenters. The van der Waals surface area contributed by atoms with E-state index < -0.39 is 0 Å². The average Bonchev–Trinajstić information content (AvgIpc) is 2.42. The van der Waals surface area contributed by atoms with Crippen molar-refractivity contribution in [3.63, 3.8) is 0 Å². The van der Waals surface area contributed by atoms with Gasteiger partial charge >= 0.3 is 0 Å². The molecule has 0 bridgehead atoms. The molecular weight excluding hydrogens is 294 g/mol. The Labute approximate surface area is 116 Å². The summed E-state index contributed by atoms with van der Waals surface area (Å²) >= 11 is 3.44. The Morgan fingerprint density at radius 3 is 2.67 bits per heavy atom. The number of hydrogen-bond acceptors (Lipinski definition) is 5. The number of nitrogens with one attached hydrogen (secondary N) is 2. The Hall–Kier alpha value is -0.880. The lowest BCUT2D eigenvalue weighted by Gasteiger charge is -2.21. The van der Waals surface area contributed by atoms with Gasteiger partial charge < -0.3 is 10.7 Å². The monoisotopic (exact) mass is 313 g/mol. The number of aromatic nitrogens is 2. The fraction of sp³-hybridized carbons (Fsp3) is 0.667.